The fourth-order valence-corrected chi connectivity index (χ4v) is 2.26. The van der Waals surface area contributed by atoms with Gasteiger partial charge in [-0.15, -0.1) is 0 Å². The zero-order valence-electron chi connectivity index (χ0n) is 7.92. The van der Waals surface area contributed by atoms with E-state index in [1.807, 2.05) is 0 Å². The minimum absolute atomic E-state index is 0.528. The van der Waals surface area contributed by atoms with Gasteiger partial charge in [0.25, 0.3) is 0 Å². The Kier molecular flexibility index (Phi) is 3.47. The summed E-state index contributed by atoms with van der Waals surface area (Å²) in [6, 6.07) is 1.24. The van der Waals surface area contributed by atoms with Crippen molar-refractivity contribution in [1.29, 1.82) is 0 Å². The summed E-state index contributed by atoms with van der Waals surface area (Å²) in [6.07, 6.45) is 3.50. The van der Waals surface area contributed by atoms with E-state index < -0.39 is 0 Å². The highest BCUT2D eigenvalue weighted by Crippen LogP contribution is 2.20. The third-order valence-electron chi connectivity index (χ3n) is 2.67. The van der Waals surface area contributed by atoms with Crippen LogP contribution < -0.4 is 5.73 Å². The maximum Gasteiger partial charge on any atom is 0.0742 e. The summed E-state index contributed by atoms with van der Waals surface area (Å²) in [5.74, 6) is 0. The molecule has 1 aliphatic rings. The van der Waals surface area contributed by atoms with Crippen molar-refractivity contribution in [3.63, 3.8) is 0 Å². The van der Waals surface area contributed by atoms with Crippen molar-refractivity contribution in [1.82, 2.24) is 4.90 Å². The summed E-state index contributed by atoms with van der Waals surface area (Å²) in [5.41, 5.74) is 5.51. The van der Waals surface area contributed by atoms with Crippen molar-refractivity contribution in [2.45, 2.75) is 45.2 Å². The Labute approximate surface area is 80.1 Å². The molecule has 0 aromatic heterocycles. The van der Waals surface area contributed by atoms with Crippen molar-refractivity contribution >= 4 is 17.2 Å². The predicted octanol–water partition coefficient (Wildman–Crippen LogP) is 1.54. The monoisotopic (exact) mass is 186 g/mol. The SMILES string of the molecule is CC1CCCN1C(C)CC(N)=S. The molecule has 2 unspecified atom stereocenters. The van der Waals surface area contributed by atoms with E-state index in [1.54, 1.807) is 0 Å². The molecule has 70 valence electrons. The van der Waals surface area contributed by atoms with E-state index >= 15 is 0 Å². The second-order valence-electron chi connectivity index (χ2n) is 3.75. The zero-order chi connectivity index (χ0) is 9.14. The highest BCUT2D eigenvalue weighted by Gasteiger charge is 2.24. The van der Waals surface area contributed by atoms with Crippen molar-refractivity contribution < 1.29 is 0 Å². The van der Waals surface area contributed by atoms with Crippen LogP contribution in [0.4, 0.5) is 0 Å². The number of nitrogens with two attached hydrogens (primary N) is 1. The molecule has 0 bridgehead atoms. The van der Waals surface area contributed by atoms with Crippen LogP contribution >= 0.6 is 12.2 Å². The Balaban J connectivity index is 2.40. The van der Waals surface area contributed by atoms with Crippen LogP contribution in [0, 0.1) is 0 Å². The first kappa shape index (κ1) is 9.93. The summed E-state index contributed by atoms with van der Waals surface area (Å²) in [4.78, 5) is 3.14. The highest BCUT2D eigenvalue weighted by atomic mass is 32.1. The number of hydrogen-bond donors (Lipinski definition) is 1. The smallest absolute Gasteiger partial charge is 0.0742 e. The Morgan fingerprint density at radius 1 is 1.75 bits per heavy atom. The lowest BCUT2D eigenvalue weighted by Gasteiger charge is -2.28. The van der Waals surface area contributed by atoms with Crippen LogP contribution in [0.3, 0.4) is 0 Å². The molecule has 0 amide bonds. The van der Waals surface area contributed by atoms with Gasteiger partial charge in [-0.2, -0.15) is 0 Å². The van der Waals surface area contributed by atoms with Crippen molar-refractivity contribution in [2.24, 2.45) is 5.73 Å². The first-order valence-electron chi connectivity index (χ1n) is 4.65. The van der Waals surface area contributed by atoms with Gasteiger partial charge in [-0.3, -0.25) is 4.90 Å². The highest BCUT2D eigenvalue weighted by molar-refractivity contribution is 7.80. The Morgan fingerprint density at radius 3 is 2.83 bits per heavy atom. The summed E-state index contributed by atoms with van der Waals surface area (Å²) < 4.78 is 0. The summed E-state index contributed by atoms with van der Waals surface area (Å²) >= 11 is 4.90. The van der Waals surface area contributed by atoms with E-state index in [1.165, 1.54) is 19.4 Å². The van der Waals surface area contributed by atoms with Gasteiger partial charge in [0.05, 0.1) is 4.99 Å². The van der Waals surface area contributed by atoms with Crippen molar-refractivity contribution in [3.8, 4) is 0 Å². The fourth-order valence-electron chi connectivity index (χ4n) is 2.02. The molecule has 1 heterocycles. The van der Waals surface area contributed by atoms with E-state index in [0.29, 0.717) is 17.1 Å². The Bertz CT molecular complexity index is 170. The Morgan fingerprint density at radius 2 is 2.42 bits per heavy atom. The lowest BCUT2D eigenvalue weighted by Crippen LogP contribution is -2.37. The average molecular weight is 186 g/mol. The van der Waals surface area contributed by atoms with Gasteiger partial charge in [-0.1, -0.05) is 12.2 Å². The van der Waals surface area contributed by atoms with E-state index in [9.17, 15) is 0 Å². The van der Waals surface area contributed by atoms with E-state index in [-0.39, 0.29) is 0 Å². The van der Waals surface area contributed by atoms with Gasteiger partial charge >= 0.3 is 0 Å². The molecule has 12 heavy (non-hydrogen) atoms. The minimum Gasteiger partial charge on any atom is -0.393 e. The van der Waals surface area contributed by atoms with Crippen molar-refractivity contribution in [3.05, 3.63) is 0 Å². The van der Waals surface area contributed by atoms with Crippen LogP contribution in [0.15, 0.2) is 0 Å². The summed E-state index contributed by atoms with van der Waals surface area (Å²) in [5, 5.41) is 0. The Hall–Kier alpha value is -0.150. The first-order valence-corrected chi connectivity index (χ1v) is 5.06. The van der Waals surface area contributed by atoms with Gasteiger partial charge in [-0.05, 0) is 33.2 Å². The fraction of sp³-hybridized carbons (Fsp3) is 0.889. The molecule has 1 fully saturated rings. The molecule has 2 N–H and O–H groups in total. The molecular formula is C9H18N2S. The molecule has 0 spiro atoms. The van der Waals surface area contributed by atoms with E-state index in [4.69, 9.17) is 18.0 Å². The van der Waals surface area contributed by atoms with E-state index in [0.717, 1.165) is 6.42 Å². The van der Waals surface area contributed by atoms with Gasteiger partial charge < -0.3 is 5.73 Å². The summed E-state index contributed by atoms with van der Waals surface area (Å²) in [6.45, 7) is 5.70. The minimum atomic E-state index is 0.528. The largest absolute Gasteiger partial charge is 0.393 e. The topological polar surface area (TPSA) is 29.3 Å². The second kappa shape index (κ2) is 4.19. The van der Waals surface area contributed by atoms with Gasteiger partial charge in [0, 0.05) is 18.5 Å². The third-order valence-corrected chi connectivity index (χ3v) is 2.83. The zero-order valence-corrected chi connectivity index (χ0v) is 8.73. The maximum atomic E-state index is 5.51. The van der Waals surface area contributed by atoms with Gasteiger partial charge in [0.15, 0.2) is 0 Å². The average Bonchev–Trinajstić information content (AvgIpc) is 2.33. The molecule has 3 heteroatoms. The number of rotatable bonds is 3. The van der Waals surface area contributed by atoms with E-state index in [2.05, 4.69) is 18.7 Å². The molecule has 2 atom stereocenters. The third kappa shape index (κ3) is 2.42. The van der Waals surface area contributed by atoms with Crippen molar-refractivity contribution in [2.75, 3.05) is 6.54 Å². The molecular weight excluding hydrogens is 168 g/mol. The van der Waals surface area contributed by atoms with Crippen LogP contribution in [0.2, 0.25) is 0 Å². The summed E-state index contributed by atoms with van der Waals surface area (Å²) in [7, 11) is 0. The van der Waals surface area contributed by atoms with Gasteiger partial charge in [-0.25, -0.2) is 0 Å². The molecule has 1 rings (SSSR count). The van der Waals surface area contributed by atoms with Crippen LogP contribution in [-0.2, 0) is 0 Å². The molecule has 0 aromatic rings. The van der Waals surface area contributed by atoms with Gasteiger partial charge in [0.1, 0.15) is 0 Å². The quantitative estimate of drug-likeness (QED) is 0.678. The normalized spacial score (nSPS) is 27.3. The number of hydrogen-bond acceptors (Lipinski definition) is 2. The van der Waals surface area contributed by atoms with Crippen LogP contribution in [-0.4, -0.2) is 28.5 Å². The predicted molar refractivity (Wildman–Crippen MR) is 56.3 cm³/mol. The molecule has 0 aliphatic carbocycles. The number of nitrogens with zero attached hydrogens (tertiary/aromatic N) is 1. The van der Waals surface area contributed by atoms with Crippen LogP contribution in [0.1, 0.15) is 33.1 Å². The number of likely N-dealkylation sites (tertiary alicyclic amines) is 1. The first-order chi connectivity index (χ1) is 5.61. The lowest BCUT2D eigenvalue weighted by molar-refractivity contribution is 0.207. The molecule has 0 saturated carbocycles. The second-order valence-corrected chi connectivity index (χ2v) is 4.27. The molecule has 1 aliphatic heterocycles. The van der Waals surface area contributed by atoms with Crippen LogP contribution in [0.5, 0.6) is 0 Å². The number of thiocarbonyl (C=S) groups is 1. The molecule has 0 aromatic carbocycles. The standard InChI is InChI=1S/C9H18N2S/c1-7-4-3-5-11(7)8(2)6-9(10)12/h7-8H,3-6H2,1-2H3,(H2,10,12). The van der Waals surface area contributed by atoms with Crippen LogP contribution in [0.25, 0.3) is 0 Å². The molecule has 1 saturated heterocycles. The molecule has 2 nitrogen and oxygen atoms in total. The maximum absolute atomic E-state index is 5.51. The lowest BCUT2D eigenvalue weighted by atomic mass is 10.2. The molecule has 0 radical (unpaired) electrons. The van der Waals surface area contributed by atoms with Gasteiger partial charge in [0.2, 0.25) is 0 Å².